The van der Waals surface area contributed by atoms with E-state index in [-0.39, 0.29) is 10.9 Å². The van der Waals surface area contributed by atoms with Crippen LogP contribution >= 0.6 is 12.2 Å². The highest BCUT2D eigenvalue weighted by Crippen LogP contribution is 2.28. The van der Waals surface area contributed by atoms with Gasteiger partial charge in [0.2, 0.25) is 0 Å². The first-order valence-electron chi connectivity index (χ1n) is 4.70. The van der Waals surface area contributed by atoms with E-state index in [1.54, 1.807) is 6.07 Å². The molecule has 82 valence electrons. The van der Waals surface area contributed by atoms with Gasteiger partial charge in [0, 0.05) is 0 Å². The fraction of sp³-hybridized carbons (Fsp3) is 0. The second-order valence-corrected chi connectivity index (χ2v) is 3.77. The van der Waals surface area contributed by atoms with Crippen LogP contribution in [0.25, 0.3) is 10.8 Å². The third-order valence-corrected chi connectivity index (χ3v) is 2.29. The topological polar surface area (TPSA) is 70.3 Å². The third-order valence-electron chi connectivity index (χ3n) is 2.18. The van der Waals surface area contributed by atoms with Gasteiger partial charge in [0.25, 0.3) is 0 Å². The van der Waals surface area contributed by atoms with Gasteiger partial charge in [-0.1, -0.05) is 24.3 Å². The molecule has 0 bridgehead atoms. The Morgan fingerprint density at radius 2 is 1.81 bits per heavy atom. The number of aromatic hydroxyl groups is 1. The first-order valence-corrected chi connectivity index (χ1v) is 5.11. The van der Waals surface area contributed by atoms with E-state index < -0.39 is 0 Å². The molecule has 0 saturated carbocycles. The minimum absolute atomic E-state index is 0.118. The van der Waals surface area contributed by atoms with Crippen LogP contribution in [0.1, 0.15) is 0 Å². The third kappa shape index (κ3) is 2.14. The van der Waals surface area contributed by atoms with E-state index in [1.807, 2.05) is 30.3 Å². The van der Waals surface area contributed by atoms with Crippen LogP contribution in [0.5, 0.6) is 5.75 Å². The lowest BCUT2D eigenvalue weighted by atomic mass is 10.1. The fourth-order valence-electron chi connectivity index (χ4n) is 1.46. The Bertz CT molecular complexity index is 542. The summed E-state index contributed by atoms with van der Waals surface area (Å²) < 4.78 is 0. The van der Waals surface area contributed by atoms with Crippen molar-refractivity contribution in [3.8, 4) is 5.75 Å². The minimum atomic E-state index is 0.118. The molecule has 5 N–H and O–H groups in total. The molecule has 16 heavy (non-hydrogen) atoms. The van der Waals surface area contributed by atoms with Crippen LogP contribution in [0, 0.1) is 0 Å². The molecule has 0 unspecified atom stereocenters. The number of hydrogen-bond acceptors (Lipinski definition) is 3. The lowest BCUT2D eigenvalue weighted by Gasteiger charge is -2.10. The maximum Gasteiger partial charge on any atom is 0.182 e. The summed E-state index contributed by atoms with van der Waals surface area (Å²) in [6.07, 6.45) is 0. The first kappa shape index (κ1) is 10.5. The number of rotatable bonds is 2. The summed E-state index contributed by atoms with van der Waals surface area (Å²) in [5.74, 6) is 0.141. The zero-order chi connectivity index (χ0) is 11.5. The zero-order valence-corrected chi connectivity index (χ0v) is 9.21. The molecule has 5 heteroatoms. The normalized spacial score (nSPS) is 10.0. The van der Waals surface area contributed by atoms with Crippen molar-refractivity contribution in [1.82, 2.24) is 5.43 Å². The second kappa shape index (κ2) is 4.24. The number of nitrogens with two attached hydrogens (primary N) is 1. The van der Waals surface area contributed by atoms with Crippen molar-refractivity contribution in [2.24, 2.45) is 5.73 Å². The van der Waals surface area contributed by atoms with Crippen LogP contribution in [-0.4, -0.2) is 10.2 Å². The Morgan fingerprint density at radius 1 is 1.19 bits per heavy atom. The number of hydrogen-bond donors (Lipinski definition) is 4. The molecule has 0 amide bonds. The Hall–Kier alpha value is -2.01. The van der Waals surface area contributed by atoms with Crippen LogP contribution < -0.4 is 16.6 Å². The van der Waals surface area contributed by atoms with E-state index in [0.717, 1.165) is 10.8 Å². The number of benzene rings is 2. The Balaban J connectivity index is 2.38. The average molecular weight is 233 g/mol. The summed E-state index contributed by atoms with van der Waals surface area (Å²) in [7, 11) is 0. The van der Waals surface area contributed by atoms with E-state index in [1.165, 1.54) is 0 Å². The predicted octanol–water partition coefficient (Wildman–Crippen LogP) is 1.71. The van der Waals surface area contributed by atoms with Crippen molar-refractivity contribution in [1.29, 1.82) is 0 Å². The summed E-state index contributed by atoms with van der Waals surface area (Å²) in [5, 5.41) is 11.8. The number of fused-ring (bicyclic) bond motifs is 1. The van der Waals surface area contributed by atoms with Crippen LogP contribution in [-0.2, 0) is 0 Å². The summed E-state index contributed by atoms with van der Waals surface area (Å²) in [4.78, 5) is 0. The maximum atomic E-state index is 9.73. The van der Waals surface area contributed by atoms with Gasteiger partial charge >= 0.3 is 0 Å². The highest BCUT2D eigenvalue weighted by Gasteiger charge is 2.02. The molecule has 2 rings (SSSR count). The lowest BCUT2D eigenvalue weighted by molar-refractivity contribution is 0.478. The van der Waals surface area contributed by atoms with Gasteiger partial charge in [-0.25, -0.2) is 0 Å². The molecule has 0 heterocycles. The summed E-state index contributed by atoms with van der Waals surface area (Å²) >= 11 is 4.66. The quantitative estimate of drug-likeness (QED) is 0.361. The first-order chi connectivity index (χ1) is 7.66. The van der Waals surface area contributed by atoms with E-state index in [4.69, 9.17) is 5.73 Å². The van der Waals surface area contributed by atoms with Crippen molar-refractivity contribution in [3.63, 3.8) is 0 Å². The monoisotopic (exact) mass is 233 g/mol. The van der Waals surface area contributed by atoms with E-state index in [0.29, 0.717) is 5.69 Å². The lowest BCUT2D eigenvalue weighted by Crippen LogP contribution is -2.33. The fourth-order valence-corrected chi connectivity index (χ4v) is 1.51. The second-order valence-electron chi connectivity index (χ2n) is 3.33. The van der Waals surface area contributed by atoms with Crippen molar-refractivity contribution >= 4 is 33.8 Å². The number of nitrogens with one attached hydrogen (secondary N) is 2. The van der Waals surface area contributed by atoms with Gasteiger partial charge in [-0.05, 0) is 35.1 Å². The molecule has 4 nitrogen and oxygen atoms in total. The highest BCUT2D eigenvalue weighted by atomic mass is 32.1. The zero-order valence-electron chi connectivity index (χ0n) is 8.40. The predicted molar refractivity (Wildman–Crippen MR) is 69.2 cm³/mol. The largest absolute Gasteiger partial charge is 0.506 e. The van der Waals surface area contributed by atoms with Crippen LogP contribution in [0.15, 0.2) is 36.4 Å². The number of thiocarbonyl (C=S) groups is 1. The van der Waals surface area contributed by atoms with Crippen molar-refractivity contribution in [3.05, 3.63) is 36.4 Å². The van der Waals surface area contributed by atoms with Gasteiger partial charge in [-0.3, -0.25) is 10.9 Å². The molecule has 0 aromatic heterocycles. The molecular formula is C11H11N3OS. The molecule has 0 aliphatic rings. The molecule has 2 aromatic rings. The van der Waals surface area contributed by atoms with Gasteiger partial charge in [0.15, 0.2) is 5.11 Å². The van der Waals surface area contributed by atoms with Crippen molar-refractivity contribution in [2.45, 2.75) is 0 Å². The number of hydrazine groups is 1. The molecule has 0 aliphatic heterocycles. The molecule has 0 aliphatic carbocycles. The standard InChI is InChI=1S/C11H11N3OS/c12-11(16)14-13-9-5-7-3-1-2-4-8(7)6-10(9)15/h1-6,13,15H,(H3,12,14,16). The maximum absolute atomic E-state index is 9.73. The molecule has 0 spiro atoms. The van der Waals surface area contributed by atoms with E-state index in [2.05, 4.69) is 23.1 Å². The summed E-state index contributed by atoms with van der Waals surface area (Å²) in [5.41, 5.74) is 11.1. The number of phenolic OH excluding ortho intramolecular Hbond substituents is 1. The number of anilines is 1. The van der Waals surface area contributed by atoms with Gasteiger partial charge < -0.3 is 10.8 Å². The molecular weight excluding hydrogens is 222 g/mol. The minimum Gasteiger partial charge on any atom is -0.506 e. The van der Waals surface area contributed by atoms with E-state index in [9.17, 15) is 5.11 Å². The molecule has 2 aromatic carbocycles. The summed E-state index contributed by atoms with van der Waals surface area (Å²) in [6.45, 7) is 0. The van der Waals surface area contributed by atoms with Crippen LogP contribution in [0.4, 0.5) is 5.69 Å². The number of phenols is 1. The van der Waals surface area contributed by atoms with Gasteiger partial charge in [-0.15, -0.1) is 0 Å². The Morgan fingerprint density at radius 3 is 2.44 bits per heavy atom. The van der Waals surface area contributed by atoms with Crippen molar-refractivity contribution < 1.29 is 5.11 Å². The van der Waals surface area contributed by atoms with Gasteiger partial charge in [0.1, 0.15) is 5.75 Å². The Labute approximate surface area is 98.0 Å². The average Bonchev–Trinajstić information content (AvgIpc) is 2.26. The molecule has 0 atom stereocenters. The Kier molecular flexibility index (Phi) is 2.78. The van der Waals surface area contributed by atoms with Crippen molar-refractivity contribution in [2.75, 3.05) is 5.43 Å². The highest BCUT2D eigenvalue weighted by molar-refractivity contribution is 7.80. The summed E-state index contributed by atoms with van der Waals surface area (Å²) in [6, 6.07) is 11.2. The molecule has 0 radical (unpaired) electrons. The van der Waals surface area contributed by atoms with Gasteiger partial charge in [-0.2, -0.15) is 0 Å². The SMILES string of the molecule is NC(=S)NNc1cc2ccccc2cc1O. The van der Waals surface area contributed by atoms with Crippen LogP contribution in [0.2, 0.25) is 0 Å². The van der Waals surface area contributed by atoms with Crippen LogP contribution in [0.3, 0.4) is 0 Å². The van der Waals surface area contributed by atoms with E-state index >= 15 is 0 Å². The smallest absolute Gasteiger partial charge is 0.182 e. The molecule has 0 saturated heterocycles. The van der Waals surface area contributed by atoms with Gasteiger partial charge in [0.05, 0.1) is 5.69 Å². The molecule has 0 fully saturated rings.